The molecule has 1 rings (SSSR count). The van der Waals surface area contributed by atoms with E-state index in [2.05, 4.69) is 36.7 Å². The van der Waals surface area contributed by atoms with Crippen LogP contribution in [0, 0.1) is 0 Å². The van der Waals surface area contributed by atoms with E-state index in [9.17, 15) is 0 Å². The van der Waals surface area contributed by atoms with E-state index in [-0.39, 0.29) is 5.41 Å². The van der Waals surface area contributed by atoms with Crippen LogP contribution in [0.15, 0.2) is 16.6 Å². The fourth-order valence-corrected chi connectivity index (χ4v) is 1.86. The first-order valence-electron chi connectivity index (χ1n) is 4.98. The summed E-state index contributed by atoms with van der Waals surface area (Å²) in [6.07, 6.45) is 0. The molecule has 0 aliphatic carbocycles. The molecule has 0 saturated heterocycles. The number of rotatable bonds is 2. The summed E-state index contributed by atoms with van der Waals surface area (Å²) in [4.78, 5) is 0. The van der Waals surface area contributed by atoms with Crippen LogP contribution in [0.2, 0.25) is 5.02 Å². The zero-order valence-corrected chi connectivity index (χ0v) is 11.9. The van der Waals surface area contributed by atoms with Crippen LogP contribution in [0.5, 0.6) is 5.75 Å². The smallest absolute Gasteiger partial charge is 0.139 e. The van der Waals surface area contributed by atoms with Gasteiger partial charge in [-0.15, -0.1) is 0 Å². The van der Waals surface area contributed by atoms with Gasteiger partial charge in [0.25, 0.3) is 0 Å². The average molecular weight is 292 g/mol. The van der Waals surface area contributed by atoms with E-state index in [1.807, 2.05) is 19.1 Å². The lowest BCUT2D eigenvalue weighted by Gasteiger charge is -2.21. The second kappa shape index (κ2) is 4.75. The van der Waals surface area contributed by atoms with Gasteiger partial charge in [0.1, 0.15) is 5.75 Å². The summed E-state index contributed by atoms with van der Waals surface area (Å²) in [5.74, 6) is 0.749. The highest BCUT2D eigenvalue weighted by Gasteiger charge is 2.17. The summed E-state index contributed by atoms with van der Waals surface area (Å²) in [5, 5.41) is 0.643. The fourth-order valence-electron chi connectivity index (χ4n) is 1.26. The Morgan fingerprint density at radius 2 is 1.93 bits per heavy atom. The number of benzene rings is 1. The summed E-state index contributed by atoms with van der Waals surface area (Å²) in [7, 11) is 0. The van der Waals surface area contributed by atoms with E-state index in [4.69, 9.17) is 16.3 Å². The van der Waals surface area contributed by atoms with Crippen LogP contribution in [0.1, 0.15) is 33.3 Å². The molecule has 0 aliphatic heterocycles. The molecule has 0 bridgehead atoms. The van der Waals surface area contributed by atoms with E-state index in [0.29, 0.717) is 11.6 Å². The predicted molar refractivity (Wildman–Crippen MR) is 69.0 cm³/mol. The van der Waals surface area contributed by atoms with Gasteiger partial charge in [0, 0.05) is 4.47 Å². The van der Waals surface area contributed by atoms with Crippen molar-refractivity contribution in [2.75, 3.05) is 6.61 Å². The molecule has 0 heterocycles. The van der Waals surface area contributed by atoms with Crippen molar-refractivity contribution in [1.82, 2.24) is 0 Å². The molecule has 84 valence electrons. The SMILES string of the molecule is CCOc1cc(C(C)(C)C)cc(Br)c1Cl. The summed E-state index contributed by atoms with van der Waals surface area (Å²) in [6.45, 7) is 9.07. The lowest BCUT2D eigenvalue weighted by Crippen LogP contribution is -2.11. The van der Waals surface area contributed by atoms with Crippen LogP contribution in [-0.4, -0.2) is 6.61 Å². The van der Waals surface area contributed by atoms with Gasteiger partial charge in [-0.25, -0.2) is 0 Å². The third-order valence-corrected chi connectivity index (χ3v) is 3.40. The molecule has 15 heavy (non-hydrogen) atoms. The van der Waals surface area contributed by atoms with Crippen molar-refractivity contribution >= 4 is 27.5 Å². The van der Waals surface area contributed by atoms with Gasteiger partial charge in [-0.1, -0.05) is 32.4 Å². The molecule has 3 heteroatoms. The maximum Gasteiger partial charge on any atom is 0.139 e. The molecule has 1 aromatic carbocycles. The molecule has 1 nitrogen and oxygen atoms in total. The maximum absolute atomic E-state index is 6.12. The van der Waals surface area contributed by atoms with Crippen LogP contribution in [-0.2, 0) is 5.41 Å². The van der Waals surface area contributed by atoms with Crippen molar-refractivity contribution in [3.63, 3.8) is 0 Å². The van der Waals surface area contributed by atoms with Crippen molar-refractivity contribution < 1.29 is 4.74 Å². The monoisotopic (exact) mass is 290 g/mol. The average Bonchev–Trinajstić information content (AvgIpc) is 2.11. The number of hydrogen-bond acceptors (Lipinski definition) is 1. The van der Waals surface area contributed by atoms with Gasteiger partial charge in [0.05, 0.1) is 11.6 Å². The van der Waals surface area contributed by atoms with Gasteiger partial charge in [-0.2, -0.15) is 0 Å². The minimum atomic E-state index is 0.0962. The van der Waals surface area contributed by atoms with Crippen LogP contribution in [0.25, 0.3) is 0 Å². The van der Waals surface area contributed by atoms with Gasteiger partial charge in [-0.05, 0) is 46.0 Å². The van der Waals surface area contributed by atoms with Crippen LogP contribution in [0.3, 0.4) is 0 Å². The van der Waals surface area contributed by atoms with E-state index >= 15 is 0 Å². The molecular formula is C12H16BrClO. The Morgan fingerprint density at radius 3 is 2.40 bits per heavy atom. The molecule has 0 atom stereocenters. The van der Waals surface area contributed by atoms with Crippen molar-refractivity contribution in [1.29, 1.82) is 0 Å². The molecule has 1 aromatic rings. The first-order chi connectivity index (χ1) is 6.86. The molecule has 0 fully saturated rings. The van der Waals surface area contributed by atoms with Gasteiger partial charge in [0.2, 0.25) is 0 Å². The Bertz CT molecular complexity index is 355. The molecule has 0 spiro atoms. The molecule has 0 radical (unpaired) electrons. The first kappa shape index (κ1) is 12.9. The zero-order chi connectivity index (χ0) is 11.6. The van der Waals surface area contributed by atoms with Crippen LogP contribution >= 0.6 is 27.5 Å². The maximum atomic E-state index is 6.12. The summed E-state index contributed by atoms with van der Waals surface area (Å²) >= 11 is 9.57. The molecule has 0 aromatic heterocycles. The van der Waals surface area contributed by atoms with Crippen molar-refractivity contribution in [3.8, 4) is 5.75 Å². The highest BCUT2D eigenvalue weighted by Crippen LogP contribution is 2.37. The zero-order valence-electron chi connectivity index (χ0n) is 9.53. The second-order valence-electron chi connectivity index (χ2n) is 4.45. The third-order valence-electron chi connectivity index (χ3n) is 2.16. The Labute approximate surface area is 105 Å². The molecule has 0 aliphatic rings. The standard InChI is InChI=1S/C12H16BrClO/c1-5-15-10-7-8(12(2,3)4)6-9(13)11(10)14/h6-7H,5H2,1-4H3. The Morgan fingerprint density at radius 1 is 1.33 bits per heavy atom. The highest BCUT2D eigenvalue weighted by atomic mass is 79.9. The molecule has 0 N–H and O–H groups in total. The largest absolute Gasteiger partial charge is 0.492 e. The van der Waals surface area contributed by atoms with Gasteiger partial charge < -0.3 is 4.74 Å². The van der Waals surface area contributed by atoms with Crippen molar-refractivity contribution in [3.05, 3.63) is 27.2 Å². The lowest BCUT2D eigenvalue weighted by atomic mass is 9.87. The first-order valence-corrected chi connectivity index (χ1v) is 6.15. The third kappa shape index (κ3) is 3.12. The van der Waals surface area contributed by atoms with E-state index in [1.165, 1.54) is 5.56 Å². The minimum Gasteiger partial charge on any atom is -0.492 e. The lowest BCUT2D eigenvalue weighted by molar-refractivity contribution is 0.339. The molecular weight excluding hydrogens is 275 g/mol. The number of ether oxygens (including phenoxy) is 1. The van der Waals surface area contributed by atoms with E-state index in [1.54, 1.807) is 0 Å². The fraction of sp³-hybridized carbons (Fsp3) is 0.500. The van der Waals surface area contributed by atoms with Gasteiger partial charge in [0.15, 0.2) is 0 Å². The van der Waals surface area contributed by atoms with Crippen molar-refractivity contribution in [2.45, 2.75) is 33.1 Å². The van der Waals surface area contributed by atoms with Crippen molar-refractivity contribution in [2.24, 2.45) is 0 Å². The van der Waals surface area contributed by atoms with E-state index in [0.717, 1.165) is 10.2 Å². The quantitative estimate of drug-likeness (QED) is 0.760. The Balaban J connectivity index is 3.23. The number of halogens is 2. The van der Waals surface area contributed by atoms with Crippen LogP contribution in [0.4, 0.5) is 0 Å². The summed E-state index contributed by atoms with van der Waals surface area (Å²) in [6, 6.07) is 4.06. The summed E-state index contributed by atoms with van der Waals surface area (Å²) in [5.41, 5.74) is 1.31. The highest BCUT2D eigenvalue weighted by molar-refractivity contribution is 9.10. The normalized spacial score (nSPS) is 11.6. The van der Waals surface area contributed by atoms with Crippen LogP contribution < -0.4 is 4.74 Å². The Kier molecular flexibility index (Phi) is 4.07. The second-order valence-corrected chi connectivity index (χ2v) is 5.69. The minimum absolute atomic E-state index is 0.0962. The van der Waals surface area contributed by atoms with E-state index < -0.39 is 0 Å². The molecule has 0 amide bonds. The van der Waals surface area contributed by atoms with Gasteiger partial charge >= 0.3 is 0 Å². The number of hydrogen-bond donors (Lipinski definition) is 0. The topological polar surface area (TPSA) is 9.23 Å². The summed E-state index contributed by atoms with van der Waals surface area (Å²) < 4.78 is 6.38. The van der Waals surface area contributed by atoms with Gasteiger partial charge in [-0.3, -0.25) is 0 Å². The Hall–Kier alpha value is -0.210. The predicted octanol–water partition coefficient (Wildman–Crippen LogP) is 4.80. The molecule has 0 saturated carbocycles. The molecule has 0 unspecified atom stereocenters.